The summed E-state index contributed by atoms with van der Waals surface area (Å²) in [5, 5.41) is 3.36. The first-order valence-electron chi connectivity index (χ1n) is 9.18. The van der Waals surface area contributed by atoms with Gasteiger partial charge in [0.2, 0.25) is 0 Å². The third-order valence-electron chi connectivity index (χ3n) is 4.50. The number of rotatable bonds is 5. The van der Waals surface area contributed by atoms with E-state index in [0.717, 1.165) is 37.2 Å². The topological polar surface area (TPSA) is 50.8 Å². The second-order valence-electron chi connectivity index (χ2n) is 7.59. The van der Waals surface area contributed by atoms with E-state index in [-0.39, 0.29) is 12.1 Å². The molecule has 140 valence electrons. The minimum Gasteiger partial charge on any atom is -0.496 e. The van der Waals surface area contributed by atoms with Crippen molar-refractivity contribution in [2.24, 2.45) is 0 Å². The Morgan fingerprint density at radius 1 is 1.28 bits per heavy atom. The van der Waals surface area contributed by atoms with Crippen LogP contribution < -0.4 is 10.1 Å². The summed E-state index contributed by atoms with van der Waals surface area (Å²) in [6, 6.07) is 4.47. The second kappa shape index (κ2) is 8.09. The van der Waals surface area contributed by atoms with Crippen LogP contribution in [0.4, 0.5) is 4.79 Å². The maximum Gasteiger partial charge on any atom is 0.410 e. The van der Waals surface area contributed by atoms with Gasteiger partial charge in [0.1, 0.15) is 11.4 Å². The zero-order valence-corrected chi connectivity index (χ0v) is 16.4. The van der Waals surface area contributed by atoms with Crippen molar-refractivity contribution in [3.05, 3.63) is 28.8 Å². The van der Waals surface area contributed by atoms with Gasteiger partial charge >= 0.3 is 6.09 Å². The number of hydrogen-bond acceptors (Lipinski definition) is 4. The maximum atomic E-state index is 12.6. The molecule has 1 atom stereocenters. The third-order valence-corrected chi connectivity index (χ3v) is 4.50. The Bertz CT molecular complexity index is 608. The first-order chi connectivity index (χ1) is 11.8. The zero-order valence-electron chi connectivity index (χ0n) is 16.4. The highest BCUT2D eigenvalue weighted by molar-refractivity contribution is 5.69. The van der Waals surface area contributed by atoms with Crippen molar-refractivity contribution in [3.63, 3.8) is 0 Å². The van der Waals surface area contributed by atoms with E-state index in [4.69, 9.17) is 9.47 Å². The molecular weight excluding hydrogens is 316 g/mol. The van der Waals surface area contributed by atoms with Crippen molar-refractivity contribution in [1.82, 2.24) is 10.2 Å². The molecule has 5 heteroatoms. The molecule has 1 amide bonds. The Balaban J connectivity index is 2.29. The number of benzene rings is 1. The molecule has 0 saturated carbocycles. The molecule has 0 radical (unpaired) electrons. The van der Waals surface area contributed by atoms with Crippen LogP contribution in [0.25, 0.3) is 0 Å². The van der Waals surface area contributed by atoms with Crippen molar-refractivity contribution in [2.45, 2.75) is 72.2 Å². The number of carbonyl (C=O) groups is 1. The molecule has 1 aromatic rings. The van der Waals surface area contributed by atoms with Crippen LogP contribution in [-0.2, 0) is 24.2 Å². The molecule has 1 unspecified atom stereocenters. The van der Waals surface area contributed by atoms with Crippen molar-refractivity contribution >= 4 is 6.09 Å². The van der Waals surface area contributed by atoms with Crippen LogP contribution in [-0.4, -0.2) is 36.3 Å². The molecule has 5 nitrogen and oxygen atoms in total. The van der Waals surface area contributed by atoms with Crippen LogP contribution in [0.15, 0.2) is 12.1 Å². The van der Waals surface area contributed by atoms with Gasteiger partial charge in [0.05, 0.1) is 7.11 Å². The molecular formula is C20H32N2O3. The number of amides is 1. The number of carbonyl (C=O) groups excluding carboxylic acids is 1. The van der Waals surface area contributed by atoms with E-state index in [0.29, 0.717) is 6.54 Å². The van der Waals surface area contributed by atoms with Crippen molar-refractivity contribution in [2.75, 3.05) is 13.7 Å². The second-order valence-corrected chi connectivity index (χ2v) is 7.59. The van der Waals surface area contributed by atoms with E-state index in [1.54, 1.807) is 7.11 Å². The number of hydrogen-bond donors (Lipinski definition) is 1. The summed E-state index contributed by atoms with van der Waals surface area (Å²) in [6.45, 7) is 12.2. The van der Waals surface area contributed by atoms with Gasteiger partial charge in [0, 0.05) is 24.7 Å². The lowest BCUT2D eigenvalue weighted by Gasteiger charge is -2.37. The molecule has 0 aliphatic carbocycles. The van der Waals surface area contributed by atoms with Gasteiger partial charge in [-0.15, -0.1) is 0 Å². The summed E-state index contributed by atoms with van der Waals surface area (Å²) in [6.07, 6.45) is 1.53. The van der Waals surface area contributed by atoms with Gasteiger partial charge < -0.3 is 19.7 Å². The standard InChI is InChI=1S/C20H32N2O3/c1-7-17-10-14-9-15(12-21-8-2)18(24-6)11-16(14)13-22(17)19(23)25-20(3,4)5/h9,11,17,21H,7-8,10,12-13H2,1-6H3. The molecule has 0 aromatic heterocycles. The number of nitrogens with zero attached hydrogens (tertiary/aromatic N) is 1. The first kappa shape index (κ1) is 19.6. The van der Waals surface area contributed by atoms with E-state index in [9.17, 15) is 4.79 Å². The molecule has 1 aromatic carbocycles. The molecule has 1 N–H and O–H groups in total. The lowest BCUT2D eigenvalue weighted by Crippen LogP contribution is -2.46. The minimum atomic E-state index is -0.483. The van der Waals surface area contributed by atoms with Gasteiger partial charge in [0.25, 0.3) is 0 Å². The summed E-state index contributed by atoms with van der Waals surface area (Å²) in [5.74, 6) is 0.874. The molecule has 2 rings (SSSR count). The van der Waals surface area contributed by atoms with Crippen molar-refractivity contribution < 1.29 is 14.3 Å². The normalized spacial score (nSPS) is 17.2. The van der Waals surface area contributed by atoms with Crippen LogP contribution in [0.3, 0.4) is 0 Å². The number of methoxy groups -OCH3 is 1. The minimum absolute atomic E-state index is 0.169. The summed E-state index contributed by atoms with van der Waals surface area (Å²) >= 11 is 0. The fourth-order valence-electron chi connectivity index (χ4n) is 3.22. The summed E-state index contributed by atoms with van der Waals surface area (Å²) in [4.78, 5) is 14.5. The Kier molecular flexibility index (Phi) is 6.33. The molecule has 0 bridgehead atoms. The maximum absolute atomic E-state index is 12.6. The summed E-state index contributed by atoms with van der Waals surface area (Å²) < 4.78 is 11.2. The molecule has 1 aliphatic heterocycles. The highest BCUT2D eigenvalue weighted by Gasteiger charge is 2.32. The SMILES string of the molecule is CCNCc1cc2c(cc1OC)CN(C(=O)OC(C)(C)C)C(CC)C2. The van der Waals surface area contributed by atoms with Crippen molar-refractivity contribution in [1.29, 1.82) is 0 Å². The van der Waals surface area contributed by atoms with Crippen LogP contribution >= 0.6 is 0 Å². The zero-order chi connectivity index (χ0) is 18.6. The number of nitrogens with one attached hydrogen (secondary N) is 1. The molecule has 0 spiro atoms. The molecule has 25 heavy (non-hydrogen) atoms. The predicted molar refractivity (Wildman–Crippen MR) is 99.9 cm³/mol. The van der Waals surface area contributed by atoms with E-state index in [1.165, 1.54) is 11.1 Å². The van der Waals surface area contributed by atoms with Crippen LogP contribution in [0.5, 0.6) is 5.75 Å². The molecule has 0 saturated heterocycles. The van der Waals surface area contributed by atoms with Crippen LogP contribution in [0, 0.1) is 0 Å². The fraction of sp³-hybridized carbons (Fsp3) is 0.650. The predicted octanol–water partition coefficient (Wildman–Crippen LogP) is 3.88. The average Bonchev–Trinajstić information content (AvgIpc) is 2.56. The van der Waals surface area contributed by atoms with Gasteiger partial charge in [-0.2, -0.15) is 0 Å². The van der Waals surface area contributed by atoms with Gasteiger partial charge in [0.15, 0.2) is 0 Å². The Hall–Kier alpha value is -1.75. The highest BCUT2D eigenvalue weighted by Crippen LogP contribution is 2.32. The Morgan fingerprint density at radius 2 is 2.00 bits per heavy atom. The monoisotopic (exact) mass is 348 g/mol. The van der Waals surface area contributed by atoms with Crippen LogP contribution in [0.1, 0.15) is 57.7 Å². The number of ether oxygens (including phenoxy) is 2. The summed E-state index contributed by atoms with van der Waals surface area (Å²) in [5.41, 5.74) is 3.14. The van der Waals surface area contributed by atoms with E-state index >= 15 is 0 Å². The first-order valence-corrected chi connectivity index (χ1v) is 9.18. The van der Waals surface area contributed by atoms with E-state index in [1.807, 2.05) is 25.7 Å². The van der Waals surface area contributed by atoms with Gasteiger partial charge in [-0.25, -0.2) is 4.79 Å². The van der Waals surface area contributed by atoms with Gasteiger partial charge in [-0.1, -0.05) is 19.9 Å². The largest absolute Gasteiger partial charge is 0.496 e. The average molecular weight is 348 g/mol. The van der Waals surface area contributed by atoms with Gasteiger partial charge in [-0.3, -0.25) is 0 Å². The molecule has 1 heterocycles. The molecule has 1 aliphatic rings. The highest BCUT2D eigenvalue weighted by atomic mass is 16.6. The Labute approximate surface area is 151 Å². The van der Waals surface area contributed by atoms with E-state index < -0.39 is 5.60 Å². The third kappa shape index (κ3) is 4.88. The van der Waals surface area contributed by atoms with E-state index in [2.05, 4.69) is 31.3 Å². The summed E-state index contributed by atoms with van der Waals surface area (Å²) in [7, 11) is 1.69. The Morgan fingerprint density at radius 3 is 2.56 bits per heavy atom. The molecule has 0 fully saturated rings. The van der Waals surface area contributed by atoms with Crippen molar-refractivity contribution in [3.8, 4) is 5.75 Å². The lowest BCUT2D eigenvalue weighted by molar-refractivity contribution is 0.0115. The smallest absolute Gasteiger partial charge is 0.410 e. The number of fused-ring (bicyclic) bond motifs is 1. The van der Waals surface area contributed by atoms with Gasteiger partial charge in [-0.05, 0) is 57.4 Å². The lowest BCUT2D eigenvalue weighted by atomic mass is 9.91. The quantitative estimate of drug-likeness (QED) is 0.877. The van der Waals surface area contributed by atoms with Crippen LogP contribution in [0.2, 0.25) is 0 Å². The fourth-order valence-corrected chi connectivity index (χ4v) is 3.22.